The first kappa shape index (κ1) is 21.2. The molecule has 0 N–H and O–H groups in total. The van der Waals surface area contributed by atoms with Crippen LogP contribution in [-0.4, -0.2) is 18.5 Å². The Morgan fingerprint density at radius 2 is 1.92 bits per heavy atom. The molecule has 1 aromatic rings. The van der Waals surface area contributed by atoms with Crippen molar-refractivity contribution in [2.45, 2.75) is 79.2 Å². The van der Waals surface area contributed by atoms with Gasteiger partial charge in [0, 0.05) is 6.54 Å². The molecular formula is C25H41N. The van der Waals surface area contributed by atoms with Crippen molar-refractivity contribution in [2.24, 2.45) is 17.3 Å². The van der Waals surface area contributed by atoms with Gasteiger partial charge in [0.15, 0.2) is 0 Å². The van der Waals surface area contributed by atoms with Crippen LogP contribution in [-0.2, 0) is 6.54 Å². The zero-order valence-electron chi connectivity index (χ0n) is 17.9. The van der Waals surface area contributed by atoms with E-state index in [0.29, 0.717) is 5.41 Å². The molecule has 26 heavy (non-hydrogen) atoms. The number of allylic oxidation sites excluding steroid dienone is 2. The first-order valence-electron chi connectivity index (χ1n) is 10.8. The van der Waals surface area contributed by atoms with Gasteiger partial charge in [0.05, 0.1) is 0 Å². The Balaban J connectivity index is 1.93. The quantitative estimate of drug-likeness (QED) is 0.427. The highest BCUT2D eigenvalue weighted by atomic mass is 15.1. The van der Waals surface area contributed by atoms with Crippen molar-refractivity contribution >= 4 is 0 Å². The lowest BCUT2D eigenvalue weighted by molar-refractivity contribution is 0.0824. The Hall–Kier alpha value is -1.08. The highest BCUT2D eigenvalue weighted by Gasteiger charge is 2.37. The largest absolute Gasteiger partial charge is 0.302 e. The minimum atomic E-state index is 0.433. The summed E-state index contributed by atoms with van der Waals surface area (Å²) in [6.45, 7) is 11.9. The summed E-state index contributed by atoms with van der Waals surface area (Å²) in [5, 5.41) is 0. The van der Waals surface area contributed by atoms with Gasteiger partial charge in [-0.1, -0.05) is 75.6 Å². The van der Waals surface area contributed by atoms with E-state index in [-0.39, 0.29) is 0 Å². The van der Waals surface area contributed by atoms with E-state index in [9.17, 15) is 0 Å². The fourth-order valence-electron chi connectivity index (χ4n) is 4.86. The van der Waals surface area contributed by atoms with Gasteiger partial charge < -0.3 is 4.90 Å². The molecule has 1 nitrogen and oxygen atoms in total. The lowest BCUT2D eigenvalue weighted by Crippen LogP contribution is -2.36. The van der Waals surface area contributed by atoms with Crippen LogP contribution in [0.3, 0.4) is 0 Å². The second-order valence-corrected chi connectivity index (χ2v) is 9.16. The van der Waals surface area contributed by atoms with E-state index in [2.05, 4.69) is 76.1 Å². The zero-order chi connectivity index (χ0) is 19.0. The number of unbranched alkanes of at least 4 members (excludes halogenated alkanes) is 1. The van der Waals surface area contributed by atoms with Crippen LogP contribution >= 0.6 is 0 Å². The predicted octanol–water partition coefficient (Wildman–Crippen LogP) is 7.09. The Labute approximate surface area is 162 Å². The summed E-state index contributed by atoms with van der Waals surface area (Å²) in [6.07, 6.45) is 11.9. The molecule has 0 aromatic heterocycles. The van der Waals surface area contributed by atoms with Crippen molar-refractivity contribution in [1.82, 2.24) is 4.90 Å². The van der Waals surface area contributed by atoms with E-state index < -0.39 is 0 Å². The molecule has 2 rings (SSSR count). The molecule has 0 amide bonds. The van der Waals surface area contributed by atoms with Gasteiger partial charge in [0.25, 0.3) is 0 Å². The highest BCUT2D eigenvalue weighted by Crippen LogP contribution is 2.47. The number of nitrogens with zero attached hydrogens (tertiary/aromatic N) is 1. The third kappa shape index (κ3) is 6.27. The Morgan fingerprint density at radius 3 is 2.58 bits per heavy atom. The van der Waals surface area contributed by atoms with E-state index >= 15 is 0 Å². The van der Waals surface area contributed by atoms with Crippen LogP contribution in [0.2, 0.25) is 0 Å². The fraction of sp³-hybridized carbons (Fsp3) is 0.680. The molecule has 1 saturated carbocycles. The second-order valence-electron chi connectivity index (χ2n) is 9.16. The Kier molecular flexibility index (Phi) is 8.41. The summed E-state index contributed by atoms with van der Waals surface area (Å²) < 4.78 is 0. The average Bonchev–Trinajstić information content (AvgIpc) is 2.65. The second kappa shape index (κ2) is 10.3. The van der Waals surface area contributed by atoms with Gasteiger partial charge in [0.2, 0.25) is 0 Å². The summed E-state index contributed by atoms with van der Waals surface area (Å²) in [5.41, 5.74) is 3.56. The molecule has 1 heteroatoms. The topological polar surface area (TPSA) is 3.24 Å². The molecule has 0 bridgehead atoms. The Morgan fingerprint density at radius 1 is 1.19 bits per heavy atom. The summed E-state index contributed by atoms with van der Waals surface area (Å²) in [7, 11) is 2.27. The first-order chi connectivity index (χ1) is 12.5. The smallest absolute Gasteiger partial charge is 0.0230 e. The summed E-state index contributed by atoms with van der Waals surface area (Å²) >= 11 is 0. The zero-order valence-corrected chi connectivity index (χ0v) is 17.9. The lowest BCUT2D eigenvalue weighted by Gasteiger charge is -2.44. The minimum Gasteiger partial charge on any atom is -0.302 e. The van der Waals surface area contributed by atoms with Gasteiger partial charge in [-0.05, 0) is 75.4 Å². The van der Waals surface area contributed by atoms with Gasteiger partial charge in [-0.3, -0.25) is 0 Å². The third-order valence-corrected chi connectivity index (χ3v) is 6.64. The van der Waals surface area contributed by atoms with Crippen LogP contribution in [0.1, 0.15) is 78.2 Å². The molecule has 1 aliphatic rings. The molecule has 0 saturated heterocycles. The number of hydrogen-bond acceptors (Lipinski definition) is 1. The van der Waals surface area contributed by atoms with Gasteiger partial charge in [-0.15, -0.1) is 0 Å². The first-order valence-corrected chi connectivity index (χ1v) is 10.8. The van der Waals surface area contributed by atoms with E-state index in [1.54, 1.807) is 5.57 Å². The van der Waals surface area contributed by atoms with Crippen LogP contribution in [0, 0.1) is 17.3 Å². The maximum atomic E-state index is 2.54. The van der Waals surface area contributed by atoms with Gasteiger partial charge in [-0.2, -0.15) is 0 Å². The van der Waals surface area contributed by atoms with Crippen molar-refractivity contribution in [3.05, 3.63) is 47.5 Å². The normalized spacial score (nSPS) is 22.9. The monoisotopic (exact) mass is 355 g/mol. The Bertz CT molecular complexity index is 543. The summed E-state index contributed by atoms with van der Waals surface area (Å²) in [6, 6.07) is 10.9. The molecule has 2 atom stereocenters. The van der Waals surface area contributed by atoms with E-state index in [0.717, 1.165) is 18.4 Å². The van der Waals surface area contributed by atoms with Crippen LogP contribution in [0.15, 0.2) is 42.0 Å². The standard InChI is InChI=1S/C25H41N/c1-6-8-14-23-19-21(7-2)15-16-24(23)25(3,4)17-18-26(5)20-22-12-10-9-11-13-22/h7,9-13,23-24H,6,8,14-20H2,1-5H3. The number of hydrogen-bond donors (Lipinski definition) is 0. The van der Waals surface area contributed by atoms with Gasteiger partial charge in [-0.25, -0.2) is 0 Å². The maximum absolute atomic E-state index is 2.54. The summed E-state index contributed by atoms with van der Waals surface area (Å²) in [4.78, 5) is 2.50. The maximum Gasteiger partial charge on any atom is 0.0230 e. The van der Waals surface area contributed by atoms with Crippen LogP contribution in [0.5, 0.6) is 0 Å². The van der Waals surface area contributed by atoms with Gasteiger partial charge >= 0.3 is 0 Å². The molecule has 0 aliphatic heterocycles. The SMILES string of the molecule is CC=C1CCC(C(C)(C)CCN(C)Cc2ccccc2)C(CCCC)C1. The predicted molar refractivity (Wildman–Crippen MR) is 115 cm³/mol. The van der Waals surface area contributed by atoms with Crippen LogP contribution in [0.25, 0.3) is 0 Å². The van der Waals surface area contributed by atoms with Crippen molar-refractivity contribution in [1.29, 1.82) is 0 Å². The third-order valence-electron chi connectivity index (χ3n) is 6.64. The summed E-state index contributed by atoms with van der Waals surface area (Å²) in [5.74, 6) is 1.77. The molecule has 2 unspecified atom stereocenters. The molecule has 0 heterocycles. The number of benzene rings is 1. The molecule has 1 aromatic carbocycles. The van der Waals surface area contributed by atoms with Crippen molar-refractivity contribution in [2.75, 3.05) is 13.6 Å². The molecule has 1 aliphatic carbocycles. The number of rotatable bonds is 9. The van der Waals surface area contributed by atoms with Crippen molar-refractivity contribution in [3.8, 4) is 0 Å². The van der Waals surface area contributed by atoms with Crippen molar-refractivity contribution in [3.63, 3.8) is 0 Å². The highest BCUT2D eigenvalue weighted by molar-refractivity contribution is 5.14. The molecule has 1 fully saturated rings. The molecule has 0 radical (unpaired) electrons. The van der Waals surface area contributed by atoms with Crippen molar-refractivity contribution < 1.29 is 0 Å². The van der Waals surface area contributed by atoms with E-state index in [4.69, 9.17) is 0 Å². The van der Waals surface area contributed by atoms with E-state index in [1.807, 2.05) is 0 Å². The lowest BCUT2D eigenvalue weighted by atomic mass is 9.62. The molecule has 0 spiro atoms. The molecular weight excluding hydrogens is 314 g/mol. The molecule has 146 valence electrons. The van der Waals surface area contributed by atoms with Crippen LogP contribution < -0.4 is 0 Å². The fourth-order valence-corrected chi connectivity index (χ4v) is 4.86. The van der Waals surface area contributed by atoms with Crippen LogP contribution in [0.4, 0.5) is 0 Å². The van der Waals surface area contributed by atoms with E-state index in [1.165, 1.54) is 57.1 Å². The van der Waals surface area contributed by atoms with Gasteiger partial charge in [0.1, 0.15) is 0 Å². The minimum absolute atomic E-state index is 0.433. The average molecular weight is 356 g/mol.